The van der Waals surface area contributed by atoms with Crippen molar-refractivity contribution in [3.05, 3.63) is 58.5 Å². The summed E-state index contributed by atoms with van der Waals surface area (Å²) in [7, 11) is 0. The average molecular weight is 278 g/mol. The molecular formula is C15H16ClNO2. The van der Waals surface area contributed by atoms with Crippen molar-refractivity contribution in [2.24, 2.45) is 0 Å². The third-order valence-corrected chi connectivity index (χ3v) is 3.32. The molecule has 100 valence electrons. The van der Waals surface area contributed by atoms with Crippen molar-refractivity contribution in [1.82, 2.24) is 5.32 Å². The van der Waals surface area contributed by atoms with Crippen LogP contribution < -0.4 is 5.32 Å². The van der Waals surface area contributed by atoms with E-state index in [-0.39, 0.29) is 17.2 Å². The van der Waals surface area contributed by atoms with Crippen molar-refractivity contribution in [3.8, 4) is 0 Å². The van der Waals surface area contributed by atoms with Crippen LogP contribution in [0, 0.1) is 6.92 Å². The summed E-state index contributed by atoms with van der Waals surface area (Å²) in [5.74, 6) is -0.208. The summed E-state index contributed by atoms with van der Waals surface area (Å²) < 4.78 is 4.91. The lowest BCUT2D eigenvalue weighted by Gasteiger charge is -2.15. The number of furan rings is 1. The van der Waals surface area contributed by atoms with Crippen LogP contribution in [0.5, 0.6) is 0 Å². The van der Waals surface area contributed by atoms with Gasteiger partial charge in [-0.15, -0.1) is 0 Å². The van der Waals surface area contributed by atoms with E-state index in [1.54, 1.807) is 6.07 Å². The molecule has 1 N–H and O–H groups in total. The molecule has 1 aromatic heterocycles. The molecule has 1 aromatic carbocycles. The molecule has 0 saturated carbocycles. The van der Waals surface area contributed by atoms with Gasteiger partial charge in [0.15, 0.2) is 0 Å². The predicted octanol–water partition coefficient (Wildman–Crippen LogP) is 3.60. The molecule has 2 aromatic rings. The Morgan fingerprint density at radius 3 is 2.74 bits per heavy atom. The van der Waals surface area contributed by atoms with Crippen molar-refractivity contribution in [2.45, 2.75) is 26.3 Å². The first-order valence-electron chi connectivity index (χ1n) is 6.16. The zero-order valence-corrected chi connectivity index (χ0v) is 11.7. The lowest BCUT2D eigenvalue weighted by Crippen LogP contribution is -2.34. The average Bonchev–Trinajstić information content (AvgIpc) is 2.78. The van der Waals surface area contributed by atoms with Gasteiger partial charge in [0, 0.05) is 6.04 Å². The zero-order chi connectivity index (χ0) is 13.8. The first-order chi connectivity index (χ1) is 9.08. The van der Waals surface area contributed by atoms with Gasteiger partial charge in [0.1, 0.15) is 0 Å². The number of aryl methyl sites for hydroxylation is 1. The van der Waals surface area contributed by atoms with Crippen LogP contribution in [0.25, 0.3) is 0 Å². The molecule has 0 aliphatic carbocycles. The summed E-state index contributed by atoms with van der Waals surface area (Å²) >= 11 is 5.78. The molecule has 19 heavy (non-hydrogen) atoms. The van der Waals surface area contributed by atoms with E-state index in [4.69, 9.17) is 16.0 Å². The van der Waals surface area contributed by atoms with Gasteiger partial charge in [0.05, 0.1) is 11.8 Å². The largest absolute Gasteiger partial charge is 0.452 e. The minimum Gasteiger partial charge on any atom is -0.452 e. The van der Waals surface area contributed by atoms with Gasteiger partial charge in [-0.2, -0.15) is 0 Å². The summed E-state index contributed by atoms with van der Waals surface area (Å²) in [6.45, 7) is 4.04. The second kappa shape index (κ2) is 5.93. The highest BCUT2D eigenvalue weighted by Gasteiger charge is 2.15. The van der Waals surface area contributed by atoms with Crippen molar-refractivity contribution in [1.29, 1.82) is 0 Å². The van der Waals surface area contributed by atoms with Crippen molar-refractivity contribution >= 4 is 17.5 Å². The van der Waals surface area contributed by atoms with E-state index in [0.717, 1.165) is 6.42 Å². The number of amides is 1. The molecule has 1 amide bonds. The van der Waals surface area contributed by atoms with Crippen LogP contribution in [0.15, 0.2) is 41.0 Å². The van der Waals surface area contributed by atoms with E-state index in [9.17, 15) is 4.79 Å². The molecule has 4 heteroatoms. The SMILES string of the molecule is Cc1ccccc1CC(C)NC(=O)c1ccoc1Cl. The molecule has 1 heterocycles. The van der Waals surface area contributed by atoms with Gasteiger partial charge in [-0.25, -0.2) is 0 Å². The van der Waals surface area contributed by atoms with Crippen LogP contribution in [-0.4, -0.2) is 11.9 Å². The van der Waals surface area contributed by atoms with E-state index in [2.05, 4.69) is 24.4 Å². The van der Waals surface area contributed by atoms with Gasteiger partial charge < -0.3 is 9.73 Å². The fourth-order valence-electron chi connectivity index (χ4n) is 1.98. The molecule has 0 fully saturated rings. The number of rotatable bonds is 4. The smallest absolute Gasteiger partial charge is 0.256 e. The normalized spacial score (nSPS) is 12.2. The highest BCUT2D eigenvalue weighted by atomic mass is 35.5. The van der Waals surface area contributed by atoms with Crippen LogP contribution >= 0.6 is 11.6 Å². The Bertz CT molecular complexity index is 577. The first kappa shape index (κ1) is 13.7. The molecule has 2 rings (SSSR count). The Morgan fingerprint density at radius 2 is 2.11 bits per heavy atom. The minimum absolute atomic E-state index is 0.0274. The fraction of sp³-hybridized carbons (Fsp3) is 0.267. The van der Waals surface area contributed by atoms with Gasteiger partial charge in [-0.05, 0) is 49.1 Å². The van der Waals surface area contributed by atoms with E-state index in [0.29, 0.717) is 5.56 Å². The maximum absolute atomic E-state index is 12.0. The van der Waals surface area contributed by atoms with Gasteiger partial charge in [0.25, 0.3) is 5.91 Å². The van der Waals surface area contributed by atoms with Crippen molar-refractivity contribution in [3.63, 3.8) is 0 Å². The Morgan fingerprint density at radius 1 is 1.37 bits per heavy atom. The molecule has 1 unspecified atom stereocenters. The van der Waals surface area contributed by atoms with Gasteiger partial charge in [-0.3, -0.25) is 4.79 Å². The molecule has 0 aliphatic heterocycles. The molecule has 0 radical (unpaired) electrons. The number of hydrogen-bond donors (Lipinski definition) is 1. The fourth-order valence-corrected chi connectivity index (χ4v) is 2.18. The van der Waals surface area contributed by atoms with Crippen LogP contribution in [-0.2, 0) is 6.42 Å². The number of halogens is 1. The number of carbonyl (C=O) groups excluding carboxylic acids is 1. The van der Waals surface area contributed by atoms with Crippen LogP contribution in [0.2, 0.25) is 5.22 Å². The standard InChI is InChI=1S/C15H16ClNO2/c1-10-5-3-4-6-12(10)9-11(2)17-15(18)13-7-8-19-14(13)16/h3-8,11H,9H2,1-2H3,(H,17,18). The third kappa shape index (κ3) is 3.38. The van der Waals surface area contributed by atoms with E-state index in [1.165, 1.54) is 17.4 Å². The third-order valence-electron chi connectivity index (χ3n) is 3.03. The molecule has 0 saturated heterocycles. The Kier molecular flexibility index (Phi) is 4.27. The topological polar surface area (TPSA) is 42.2 Å². The van der Waals surface area contributed by atoms with Crippen molar-refractivity contribution < 1.29 is 9.21 Å². The quantitative estimate of drug-likeness (QED) is 0.928. The summed E-state index contributed by atoms with van der Waals surface area (Å²) in [6.07, 6.45) is 2.19. The number of benzene rings is 1. The number of hydrogen-bond acceptors (Lipinski definition) is 2. The van der Waals surface area contributed by atoms with Crippen molar-refractivity contribution in [2.75, 3.05) is 0 Å². The second-order valence-electron chi connectivity index (χ2n) is 4.61. The lowest BCUT2D eigenvalue weighted by molar-refractivity contribution is 0.0939. The van der Waals surface area contributed by atoms with E-state index >= 15 is 0 Å². The van der Waals surface area contributed by atoms with Crippen LogP contribution in [0.3, 0.4) is 0 Å². The van der Waals surface area contributed by atoms with E-state index in [1.807, 2.05) is 19.1 Å². The summed E-state index contributed by atoms with van der Waals surface area (Å²) in [5, 5.41) is 3.04. The summed E-state index contributed by atoms with van der Waals surface area (Å²) in [6, 6.07) is 9.74. The summed E-state index contributed by atoms with van der Waals surface area (Å²) in [5.41, 5.74) is 2.83. The van der Waals surface area contributed by atoms with Gasteiger partial charge in [-0.1, -0.05) is 24.3 Å². The first-order valence-corrected chi connectivity index (χ1v) is 6.54. The second-order valence-corrected chi connectivity index (χ2v) is 4.96. The van der Waals surface area contributed by atoms with Gasteiger partial charge in [0.2, 0.25) is 5.22 Å². The molecular weight excluding hydrogens is 262 g/mol. The zero-order valence-electron chi connectivity index (χ0n) is 10.9. The molecule has 1 atom stereocenters. The highest BCUT2D eigenvalue weighted by molar-refractivity contribution is 6.32. The molecule has 0 aliphatic rings. The highest BCUT2D eigenvalue weighted by Crippen LogP contribution is 2.17. The van der Waals surface area contributed by atoms with E-state index < -0.39 is 0 Å². The van der Waals surface area contributed by atoms with Crippen LogP contribution in [0.1, 0.15) is 28.4 Å². The Hall–Kier alpha value is -1.74. The molecule has 0 spiro atoms. The number of nitrogens with one attached hydrogen (secondary N) is 1. The maximum atomic E-state index is 12.0. The van der Waals surface area contributed by atoms with Gasteiger partial charge >= 0.3 is 0 Å². The monoisotopic (exact) mass is 277 g/mol. The lowest BCUT2D eigenvalue weighted by atomic mass is 10.0. The predicted molar refractivity (Wildman–Crippen MR) is 75.5 cm³/mol. The molecule has 0 bridgehead atoms. The Balaban J connectivity index is 1.99. The summed E-state index contributed by atoms with van der Waals surface area (Å²) in [4.78, 5) is 12.0. The molecule has 3 nitrogen and oxygen atoms in total. The maximum Gasteiger partial charge on any atom is 0.256 e. The minimum atomic E-state index is -0.208. The number of carbonyl (C=O) groups is 1. The van der Waals surface area contributed by atoms with Crippen LogP contribution in [0.4, 0.5) is 0 Å². The Labute approximate surface area is 117 Å².